The molecule has 7 nitrogen and oxygen atoms in total. The Morgan fingerprint density at radius 3 is 2.49 bits per heavy atom. The van der Waals surface area contributed by atoms with Gasteiger partial charge in [0.2, 0.25) is 15.9 Å². The van der Waals surface area contributed by atoms with E-state index in [1.54, 1.807) is 30.5 Å². The van der Waals surface area contributed by atoms with Gasteiger partial charge in [-0.25, -0.2) is 26.6 Å². The van der Waals surface area contributed by atoms with Gasteiger partial charge >= 0.3 is 0 Å². The number of sulfonamides is 1. The quantitative estimate of drug-likeness (QED) is 0.349. The molecule has 1 aliphatic heterocycles. The number of pyridine rings is 1. The molecule has 0 aliphatic carbocycles. The summed E-state index contributed by atoms with van der Waals surface area (Å²) in [4.78, 5) is 23.3. The molecule has 0 saturated carbocycles. The zero-order chi connectivity index (χ0) is 26.2. The molecule has 0 atom stereocenters. The summed E-state index contributed by atoms with van der Waals surface area (Å²) in [5.41, 5.74) is 1.18. The zero-order valence-corrected chi connectivity index (χ0v) is 21.0. The number of carbonyl (C=O) groups excluding carboxylic acids is 1. The maximum Gasteiger partial charge on any atom is 0.246 e. The number of rotatable bonds is 6. The van der Waals surface area contributed by atoms with Crippen LogP contribution in [0.1, 0.15) is 18.5 Å². The largest absolute Gasteiger partial charge is 0.282 e. The van der Waals surface area contributed by atoms with Crippen LogP contribution in [0, 0.1) is 23.4 Å². The fourth-order valence-corrected chi connectivity index (χ4v) is 6.81. The van der Waals surface area contributed by atoms with Crippen LogP contribution in [0.4, 0.5) is 18.3 Å². The molecular weight excluding hydrogens is 525 g/mol. The van der Waals surface area contributed by atoms with Gasteiger partial charge in [0, 0.05) is 25.2 Å². The van der Waals surface area contributed by atoms with E-state index in [1.165, 1.54) is 28.4 Å². The molecule has 1 fully saturated rings. The highest BCUT2D eigenvalue weighted by atomic mass is 32.2. The van der Waals surface area contributed by atoms with E-state index in [4.69, 9.17) is 0 Å². The highest BCUT2D eigenvalue weighted by Crippen LogP contribution is 2.33. The van der Waals surface area contributed by atoms with Crippen molar-refractivity contribution < 1.29 is 26.4 Å². The molecule has 3 heterocycles. The Morgan fingerprint density at radius 2 is 1.76 bits per heavy atom. The van der Waals surface area contributed by atoms with Crippen molar-refractivity contribution in [1.29, 1.82) is 0 Å². The molecule has 4 aromatic rings. The number of halogens is 3. The van der Waals surface area contributed by atoms with Gasteiger partial charge in [-0.3, -0.25) is 14.7 Å². The average Bonchev–Trinajstić information content (AvgIpc) is 3.32. The molecule has 1 saturated heterocycles. The van der Waals surface area contributed by atoms with Gasteiger partial charge in [0.15, 0.2) is 5.13 Å². The van der Waals surface area contributed by atoms with Gasteiger partial charge in [0.05, 0.1) is 22.5 Å². The fraction of sp³-hybridized carbons (Fsp3) is 0.240. The fourth-order valence-electron chi connectivity index (χ4n) is 4.27. The third-order valence-electron chi connectivity index (χ3n) is 6.20. The summed E-state index contributed by atoms with van der Waals surface area (Å²) >= 11 is 1.18. The van der Waals surface area contributed by atoms with Crippen molar-refractivity contribution in [3.05, 3.63) is 83.9 Å². The first kappa shape index (κ1) is 25.3. The molecule has 1 aliphatic rings. The van der Waals surface area contributed by atoms with Crippen LogP contribution in [0.5, 0.6) is 0 Å². The number of piperidine rings is 1. The van der Waals surface area contributed by atoms with Crippen LogP contribution in [-0.4, -0.2) is 41.7 Å². The summed E-state index contributed by atoms with van der Waals surface area (Å²) in [5.74, 6) is -3.09. The first-order valence-electron chi connectivity index (χ1n) is 11.4. The normalized spacial score (nSPS) is 15.2. The van der Waals surface area contributed by atoms with Crippen LogP contribution in [0.3, 0.4) is 0 Å². The topological polar surface area (TPSA) is 83.5 Å². The maximum atomic E-state index is 14.2. The number of nitrogens with zero attached hydrogens (tertiary/aromatic N) is 4. The van der Waals surface area contributed by atoms with Gasteiger partial charge in [0.25, 0.3) is 0 Å². The second-order valence-electron chi connectivity index (χ2n) is 8.61. The van der Waals surface area contributed by atoms with Gasteiger partial charge in [-0.2, -0.15) is 4.31 Å². The molecule has 0 unspecified atom stereocenters. The molecule has 5 rings (SSSR count). The Hall–Kier alpha value is -3.35. The SMILES string of the molecule is O=C(C1CCN(S(=O)(=O)c2cc(F)ccc2F)CC1)N(Cc1ccccn1)c1nc2ccc(F)cc2s1. The Morgan fingerprint density at radius 1 is 1.03 bits per heavy atom. The van der Waals surface area contributed by atoms with Gasteiger partial charge < -0.3 is 0 Å². The Balaban J connectivity index is 1.38. The summed E-state index contributed by atoms with van der Waals surface area (Å²) < 4.78 is 69.0. The monoisotopic (exact) mass is 546 g/mol. The summed E-state index contributed by atoms with van der Waals surface area (Å²) in [7, 11) is -4.27. The Kier molecular flexibility index (Phi) is 6.97. The van der Waals surface area contributed by atoms with Gasteiger partial charge in [0.1, 0.15) is 22.3 Å². The van der Waals surface area contributed by atoms with Crippen LogP contribution in [0.25, 0.3) is 10.2 Å². The summed E-state index contributed by atoms with van der Waals surface area (Å²) in [6, 6.07) is 11.8. The highest BCUT2D eigenvalue weighted by Gasteiger charge is 2.36. The van der Waals surface area contributed by atoms with Crippen LogP contribution in [-0.2, 0) is 21.4 Å². The predicted molar refractivity (Wildman–Crippen MR) is 133 cm³/mol. The first-order valence-corrected chi connectivity index (χ1v) is 13.7. The minimum absolute atomic E-state index is 0.0306. The van der Waals surface area contributed by atoms with Crippen LogP contribution in [0.15, 0.2) is 65.7 Å². The minimum Gasteiger partial charge on any atom is -0.282 e. The zero-order valence-electron chi connectivity index (χ0n) is 19.4. The molecule has 0 N–H and O–H groups in total. The molecule has 12 heteroatoms. The van der Waals surface area contributed by atoms with Crippen molar-refractivity contribution in [1.82, 2.24) is 14.3 Å². The van der Waals surface area contributed by atoms with Crippen LogP contribution in [0.2, 0.25) is 0 Å². The molecule has 192 valence electrons. The van der Waals surface area contributed by atoms with Crippen molar-refractivity contribution in [2.45, 2.75) is 24.3 Å². The lowest BCUT2D eigenvalue weighted by atomic mass is 9.96. The second-order valence-corrected chi connectivity index (χ2v) is 11.5. The lowest BCUT2D eigenvalue weighted by Gasteiger charge is -2.33. The van der Waals surface area contributed by atoms with E-state index in [2.05, 4.69) is 9.97 Å². The summed E-state index contributed by atoms with van der Waals surface area (Å²) in [6.07, 6.45) is 1.99. The molecule has 2 aromatic carbocycles. The second kappa shape index (κ2) is 10.2. The van der Waals surface area contributed by atoms with Crippen molar-refractivity contribution in [3.63, 3.8) is 0 Å². The molecule has 0 radical (unpaired) electrons. The number of thiazole rings is 1. The maximum absolute atomic E-state index is 14.2. The number of anilines is 1. The minimum atomic E-state index is -4.27. The van der Waals surface area contributed by atoms with Gasteiger partial charge in [-0.05, 0) is 61.4 Å². The van der Waals surface area contributed by atoms with E-state index >= 15 is 0 Å². The third kappa shape index (κ3) is 5.22. The van der Waals surface area contributed by atoms with E-state index in [0.29, 0.717) is 27.1 Å². The number of amides is 1. The van der Waals surface area contributed by atoms with Crippen LogP contribution < -0.4 is 4.90 Å². The van der Waals surface area contributed by atoms with E-state index in [9.17, 15) is 26.4 Å². The molecule has 1 amide bonds. The van der Waals surface area contributed by atoms with Gasteiger partial charge in [-0.1, -0.05) is 17.4 Å². The number of benzene rings is 2. The van der Waals surface area contributed by atoms with Crippen molar-refractivity contribution in [3.8, 4) is 0 Å². The smallest absolute Gasteiger partial charge is 0.246 e. The predicted octanol–water partition coefficient (Wildman–Crippen LogP) is 4.74. The number of hydrogen-bond donors (Lipinski definition) is 0. The first-order chi connectivity index (χ1) is 17.7. The Bertz CT molecular complexity index is 1560. The van der Waals surface area contributed by atoms with Gasteiger partial charge in [-0.15, -0.1) is 0 Å². The van der Waals surface area contributed by atoms with E-state index < -0.39 is 38.3 Å². The molecule has 37 heavy (non-hydrogen) atoms. The van der Waals surface area contributed by atoms with Crippen molar-refractivity contribution >= 4 is 42.6 Å². The number of carbonyl (C=O) groups is 1. The molecule has 2 aromatic heterocycles. The molecule has 0 bridgehead atoms. The van der Waals surface area contributed by atoms with Crippen molar-refractivity contribution in [2.75, 3.05) is 18.0 Å². The number of aromatic nitrogens is 2. The Labute approximate surface area is 215 Å². The number of hydrogen-bond acceptors (Lipinski definition) is 6. The summed E-state index contributed by atoms with van der Waals surface area (Å²) in [5, 5.41) is 0.383. The van der Waals surface area contributed by atoms with E-state index in [-0.39, 0.29) is 38.4 Å². The molecule has 0 spiro atoms. The lowest BCUT2D eigenvalue weighted by molar-refractivity contribution is -0.123. The molecular formula is C25H21F3N4O3S2. The summed E-state index contributed by atoms with van der Waals surface area (Å²) in [6.45, 7) is 0.0728. The highest BCUT2D eigenvalue weighted by molar-refractivity contribution is 7.89. The third-order valence-corrected chi connectivity index (χ3v) is 9.15. The van der Waals surface area contributed by atoms with E-state index in [1.807, 2.05) is 0 Å². The van der Waals surface area contributed by atoms with E-state index in [0.717, 1.165) is 16.4 Å². The standard InChI is InChI=1S/C25H21F3N4O3S2/c26-17-5-7-21-22(13-17)36-25(30-21)32(15-19-3-1-2-10-29-19)24(33)16-8-11-31(12-9-16)37(34,35)23-14-18(27)4-6-20(23)28/h1-7,10,13-14,16H,8-9,11-12,15H2. The van der Waals surface area contributed by atoms with Crippen LogP contribution >= 0.6 is 11.3 Å². The number of fused-ring (bicyclic) bond motifs is 1. The van der Waals surface area contributed by atoms with Crippen molar-refractivity contribution in [2.24, 2.45) is 5.92 Å². The average molecular weight is 547 g/mol. The lowest BCUT2D eigenvalue weighted by Crippen LogP contribution is -2.44.